The molecule has 1 saturated heterocycles. The lowest BCUT2D eigenvalue weighted by Gasteiger charge is -2.34. The highest BCUT2D eigenvalue weighted by atomic mass is 16.5. The first-order valence-corrected chi connectivity index (χ1v) is 8.36. The van der Waals surface area contributed by atoms with Crippen molar-refractivity contribution in [3.8, 4) is 0 Å². The van der Waals surface area contributed by atoms with E-state index in [2.05, 4.69) is 25.1 Å². The third kappa shape index (κ3) is 2.81. The molecule has 0 amide bonds. The topological polar surface area (TPSA) is 69.0 Å². The summed E-state index contributed by atoms with van der Waals surface area (Å²) in [6, 6.07) is 0. The smallest absolute Gasteiger partial charge is 0.163 e. The summed E-state index contributed by atoms with van der Waals surface area (Å²) in [5.41, 5.74) is 2.57. The average molecular weight is 314 g/mol. The van der Waals surface area contributed by atoms with Gasteiger partial charge in [0.25, 0.3) is 0 Å². The zero-order chi connectivity index (χ0) is 15.6. The second kappa shape index (κ2) is 6.23. The molecule has 1 fully saturated rings. The second-order valence-electron chi connectivity index (χ2n) is 6.29. The summed E-state index contributed by atoms with van der Waals surface area (Å²) >= 11 is 0. The summed E-state index contributed by atoms with van der Waals surface area (Å²) in [5.74, 6) is 1.96. The SMILES string of the molecule is Cn1cnnc1[C@@H]1CN(c2ncnc3c2CCCCC3)CCO1. The molecule has 7 heteroatoms. The standard InChI is InChI=1S/C16H22N6O/c1-21-11-19-20-16(21)14-9-22(7-8-23-14)15-12-5-3-2-4-6-13(12)17-10-18-15/h10-11,14H,2-9H2,1H3/t14-/m0/s1. The number of anilines is 1. The molecule has 0 spiro atoms. The number of hydrogen-bond donors (Lipinski definition) is 0. The van der Waals surface area contributed by atoms with Gasteiger partial charge in [0.1, 0.15) is 24.6 Å². The zero-order valence-electron chi connectivity index (χ0n) is 13.5. The van der Waals surface area contributed by atoms with Gasteiger partial charge in [-0.25, -0.2) is 9.97 Å². The van der Waals surface area contributed by atoms with E-state index in [0.29, 0.717) is 6.61 Å². The normalized spacial score (nSPS) is 21.8. The maximum Gasteiger partial charge on any atom is 0.163 e. The Morgan fingerprint density at radius 1 is 1.17 bits per heavy atom. The van der Waals surface area contributed by atoms with Gasteiger partial charge < -0.3 is 14.2 Å². The molecule has 0 aromatic carbocycles. The molecular weight excluding hydrogens is 292 g/mol. The Labute approximate surface area is 135 Å². The van der Waals surface area contributed by atoms with Gasteiger partial charge in [0.2, 0.25) is 0 Å². The molecule has 2 aliphatic rings. The van der Waals surface area contributed by atoms with Crippen molar-refractivity contribution in [1.29, 1.82) is 0 Å². The van der Waals surface area contributed by atoms with Crippen molar-refractivity contribution in [3.63, 3.8) is 0 Å². The van der Waals surface area contributed by atoms with Gasteiger partial charge in [0.05, 0.1) is 13.2 Å². The average Bonchev–Trinajstić information content (AvgIpc) is 2.87. The van der Waals surface area contributed by atoms with Crippen LogP contribution in [0.5, 0.6) is 0 Å². The van der Waals surface area contributed by atoms with Gasteiger partial charge in [-0.3, -0.25) is 0 Å². The Hall–Kier alpha value is -2.02. The van der Waals surface area contributed by atoms with Gasteiger partial charge in [-0.15, -0.1) is 10.2 Å². The van der Waals surface area contributed by atoms with Crippen LogP contribution in [-0.4, -0.2) is 44.4 Å². The number of ether oxygens (including phenoxy) is 1. The van der Waals surface area contributed by atoms with Crippen molar-refractivity contribution < 1.29 is 4.74 Å². The van der Waals surface area contributed by atoms with Gasteiger partial charge in [-0.05, 0) is 25.7 Å². The molecule has 23 heavy (non-hydrogen) atoms. The van der Waals surface area contributed by atoms with Crippen molar-refractivity contribution >= 4 is 5.82 Å². The highest BCUT2D eigenvalue weighted by Gasteiger charge is 2.28. The molecule has 1 aliphatic carbocycles. The first-order chi connectivity index (χ1) is 11.3. The molecule has 1 aliphatic heterocycles. The van der Waals surface area contributed by atoms with Crippen molar-refractivity contribution in [2.45, 2.75) is 38.2 Å². The van der Waals surface area contributed by atoms with Crippen LogP contribution >= 0.6 is 0 Å². The molecule has 2 aromatic heterocycles. The molecule has 0 radical (unpaired) electrons. The van der Waals surface area contributed by atoms with Crippen LogP contribution in [0.3, 0.4) is 0 Å². The van der Waals surface area contributed by atoms with E-state index in [9.17, 15) is 0 Å². The lowest BCUT2D eigenvalue weighted by molar-refractivity contribution is 0.0318. The molecule has 122 valence electrons. The van der Waals surface area contributed by atoms with Crippen LogP contribution < -0.4 is 4.90 Å². The van der Waals surface area contributed by atoms with E-state index in [1.54, 1.807) is 12.7 Å². The lowest BCUT2D eigenvalue weighted by Crippen LogP contribution is -2.40. The highest BCUT2D eigenvalue weighted by molar-refractivity contribution is 5.49. The molecule has 2 aromatic rings. The van der Waals surface area contributed by atoms with Crippen LogP contribution in [0.4, 0.5) is 5.82 Å². The summed E-state index contributed by atoms with van der Waals surface area (Å²) in [6.07, 6.45) is 9.26. The largest absolute Gasteiger partial charge is 0.366 e. The van der Waals surface area contributed by atoms with Crippen molar-refractivity contribution in [2.75, 3.05) is 24.6 Å². The molecule has 0 N–H and O–H groups in total. The third-order valence-corrected chi connectivity index (χ3v) is 4.75. The Bertz CT molecular complexity index is 685. The van der Waals surface area contributed by atoms with Crippen LogP contribution in [-0.2, 0) is 24.6 Å². The lowest BCUT2D eigenvalue weighted by atomic mass is 10.1. The molecule has 4 rings (SSSR count). The predicted molar refractivity (Wildman–Crippen MR) is 85.2 cm³/mol. The summed E-state index contributed by atoms with van der Waals surface area (Å²) in [7, 11) is 1.95. The molecular formula is C16H22N6O. The number of aromatic nitrogens is 5. The fraction of sp³-hybridized carbons (Fsp3) is 0.625. The van der Waals surface area contributed by atoms with E-state index in [4.69, 9.17) is 4.74 Å². The maximum absolute atomic E-state index is 5.92. The Morgan fingerprint density at radius 3 is 2.96 bits per heavy atom. The minimum absolute atomic E-state index is 0.0624. The number of nitrogens with zero attached hydrogens (tertiary/aromatic N) is 6. The molecule has 0 bridgehead atoms. The fourth-order valence-electron chi connectivity index (χ4n) is 3.53. The minimum atomic E-state index is -0.0624. The van der Waals surface area contributed by atoms with E-state index in [1.165, 1.54) is 30.5 Å². The molecule has 0 unspecified atom stereocenters. The maximum atomic E-state index is 5.92. The summed E-state index contributed by atoms with van der Waals surface area (Å²) in [6.45, 7) is 2.30. The van der Waals surface area contributed by atoms with Gasteiger partial charge in [-0.2, -0.15) is 0 Å². The third-order valence-electron chi connectivity index (χ3n) is 4.75. The first-order valence-electron chi connectivity index (χ1n) is 8.36. The summed E-state index contributed by atoms with van der Waals surface area (Å²) < 4.78 is 7.84. The molecule has 0 saturated carbocycles. The van der Waals surface area contributed by atoms with Crippen LogP contribution in [0.25, 0.3) is 0 Å². The molecule has 3 heterocycles. The fourth-order valence-corrected chi connectivity index (χ4v) is 3.53. The van der Waals surface area contributed by atoms with Gasteiger partial charge in [0, 0.05) is 24.8 Å². The number of aryl methyl sites for hydroxylation is 2. The summed E-state index contributed by atoms with van der Waals surface area (Å²) in [4.78, 5) is 11.5. The van der Waals surface area contributed by atoms with E-state index in [1.807, 2.05) is 11.6 Å². The van der Waals surface area contributed by atoms with Gasteiger partial charge in [0.15, 0.2) is 5.82 Å². The van der Waals surface area contributed by atoms with Crippen LogP contribution in [0.15, 0.2) is 12.7 Å². The highest BCUT2D eigenvalue weighted by Crippen LogP contribution is 2.30. The minimum Gasteiger partial charge on any atom is -0.366 e. The number of hydrogen-bond acceptors (Lipinski definition) is 6. The Balaban J connectivity index is 1.62. The van der Waals surface area contributed by atoms with Crippen molar-refractivity contribution in [2.24, 2.45) is 7.05 Å². The van der Waals surface area contributed by atoms with Crippen LogP contribution in [0.2, 0.25) is 0 Å². The Morgan fingerprint density at radius 2 is 2.09 bits per heavy atom. The monoisotopic (exact) mass is 314 g/mol. The first kappa shape index (κ1) is 14.6. The number of rotatable bonds is 2. The van der Waals surface area contributed by atoms with Gasteiger partial charge in [-0.1, -0.05) is 6.42 Å². The molecule has 1 atom stereocenters. The van der Waals surface area contributed by atoms with Gasteiger partial charge >= 0.3 is 0 Å². The van der Waals surface area contributed by atoms with E-state index >= 15 is 0 Å². The van der Waals surface area contributed by atoms with E-state index in [0.717, 1.165) is 37.6 Å². The number of morpholine rings is 1. The number of fused-ring (bicyclic) bond motifs is 1. The van der Waals surface area contributed by atoms with Crippen LogP contribution in [0.1, 0.15) is 42.4 Å². The second-order valence-corrected chi connectivity index (χ2v) is 6.29. The quantitative estimate of drug-likeness (QED) is 0.782. The predicted octanol–water partition coefficient (Wildman–Crippen LogP) is 1.45. The van der Waals surface area contributed by atoms with E-state index < -0.39 is 0 Å². The van der Waals surface area contributed by atoms with Crippen molar-refractivity contribution in [3.05, 3.63) is 29.7 Å². The van der Waals surface area contributed by atoms with E-state index in [-0.39, 0.29) is 6.10 Å². The summed E-state index contributed by atoms with van der Waals surface area (Å²) in [5, 5.41) is 8.16. The Kier molecular flexibility index (Phi) is 3.95. The molecule has 7 nitrogen and oxygen atoms in total. The van der Waals surface area contributed by atoms with Crippen molar-refractivity contribution in [1.82, 2.24) is 24.7 Å². The van der Waals surface area contributed by atoms with Crippen LogP contribution in [0, 0.1) is 0 Å². The zero-order valence-corrected chi connectivity index (χ0v) is 13.5.